The van der Waals surface area contributed by atoms with Crippen LogP contribution in [0.25, 0.3) is 0 Å². The van der Waals surface area contributed by atoms with Gasteiger partial charge in [0, 0.05) is 12.5 Å². The number of benzene rings is 1. The van der Waals surface area contributed by atoms with Gasteiger partial charge >= 0.3 is 5.97 Å². The van der Waals surface area contributed by atoms with Crippen LogP contribution >= 0.6 is 11.3 Å². The lowest BCUT2D eigenvalue weighted by molar-refractivity contribution is -0.122. The molecule has 124 valence electrons. The molecule has 1 atom stereocenters. The van der Waals surface area contributed by atoms with Gasteiger partial charge in [0.25, 0.3) is 5.91 Å². The number of anilines is 2. The van der Waals surface area contributed by atoms with E-state index in [1.807, 2.05) is 0 Å². The second-order valence-corrected chi connectivity index (χ2v) is 6.38. The molecule has 24 heavy (non-hydrogen) atoms. The number of nitrogens with one attached hydrogen (secondary N) is 1. The average Bonchev–Trinajstić information content (AvgIpc) is 3.04. The van der Waals surface area contributed by atoms with Crippen LogP contribution in [0.15, 0.2) is 41.8 Å². The summed E-state index contributed by atoms with van der Waals surface area (Å²) in [4.78, 5) is 38.4. The number of rotatable bonds is 3. The molecule has 1 unspecified atom stereocenters. The van der Waals surface area contributed by atoms with Gasteiger partial charge in [-0.1, -0.05) is 18.2 Å². The molecule has 7 heteroatoms. The number of amides is 2. The summed E-state index contributed by atoms with van der Waals surface area (Å²) < 4.78 is 5.11. The fourth-order valence-corrected chi connectivity index (χ4v) is 3.25. The molecule has 2 amide bonds. The van der Waals surface area contributed by atoms with Crippen molar-refractivity contribution < 1.29 is 19.1 Å². The Hall–Kier alpha value is -2.67. The van der Waals surface area contributed by atoms with Crippen LogP contribution in [0.2, 0.25) is 0 Å². The van der Waals surface area contributed by atoms with Crippen LogP contribution in [0.1, 0.15) is 23.0 Å². The van der Waals surface area contributed by atoms with E-state index < -0.39 is 5.97 Å². The molecule has 1 aliphatic heterocycles. The highest BCUT2D eigenvalue weighted by molar-refractivity contribution is 7.11. The van der Waals surface area contributed by atoms with Gasteiger partial charge in [0.1, 0.15) is 4.88 Å². The van der Waals surface area contributed by atoms with Crippen molar-refractivity contribution in [3.05, 3.63) is 46.7 Å². The molecular formula is C17H16N2O4S. The third-order valence-electron chi connectivity index (χ3n) is 3.68. The van der Waals surface area contributed by atoms with Crippen molar-refractivity contribution in [2.45, 2.75) is 19.4 Å². The van der Waals surface area contributed by atoms with E-state index in [1.165, 1.54) is 16.2 Å². The summed E-state index contributed by atoms with van der Waals surface area (Å²) in [5.74, 6) is -1.04. The van der Waals surface area contributed by atoms with E-state index >= 15 is 0 Å². The predicted octanol–water partition coefficient (Wildman–Crippen LogP) is 2.67. The van der Waals surface area contributed by atoms with Gasteiger partial charge in [-0.05, 0) is 30.5 Å². The quantitative estimate of drug-likeness (QED) is 0.869. The second kappa shape index (κ2) is 6.84. The van der Waals surface area contributed by atoms with Crippen LogP contribution in [0.4, 0.5) is 11.4 Å². The maximum Gasteiger partial charge on any atom is 0.348 e. The largest absolute Gasteiger partial charge is 0.451 e. The zero-order valence-electron chi connectivity index (χ0n) is 13.0. The minimum absolute atomic E-state index is 0.152. The Morgan fingerprint density at radius 3 is 2.83 bits per heavy atom. The minimum Gasteiger partial charge on any atom is -0.451 e. The third-order valence-corrected chi connectivity index (χ3v) is 4.53. The summed E-state index contributed by atoms with van der Waals surface area (Å²) in [6.45, 7) is 1.42. The van der Waals surface area contributed by atoms with Gasteiger partial charge in [0.15, 0.2) is 6.61 Å². The van der Waals surface area contributed by atoms with E-state index in [0.717, 1.165) is 0 Å². The zero-order chi connectivity index (χ0) is 17.1. The number of esters is 1. The fourth-order valence-electron chi connectivity index (χ4n) is 2.63. The van der Waals surface area contributed by atoms with Crippen LogP contribution in [0, 0.1) is 0 Å². The highest BCUT2D eigenvalue weighted by atomic mass is 32.1. The second-order valence-electron chi connectivity index (χ2n) is 5.44. The minimum atomic E-state index is -0.525. The normalized spacial score (nSPS) is 16.8. The van der Waals surface area contributed by atoms with E-state index in [2.05, 4.69) is 5.32 Å². The van der Waals surface area contributed by atoms with Crippen molar-refractivity contribution in [3.63, 3.8) is 0 Å². The van der Waals surface area contributed by atoms with Crippen LogP contribution < -0.4 is 10.2 Å². The summed E-state index contributed by atoms with van der Waals surface area (Å²) in [6.07, 6.45) is 0.180. The van der Waals surface area contributed by atoms with Gasteiger partial charge in [0.2, 0.25) is 5.91 Å². The van der Waals surface area contributed by atoms with Crippen molar-refractivity contribution in [1.82, 2.24) is 0 Å². The first-order valence-electron chi connectivity index (χ1n) is 7.48. The van der Waals surface area contributed by atoms with E-state index in [0.29, 0.717) is 16.3 Å². The molecule has 0 radical (unpaired) electrons. The van der Waals surface area contributed by atoms with E-state index in [-0.39, 0.29) is 30.9 Å². The van der Waals surface area contributed by atoms with Gasteiger partial charge in [-0.2, -0.15) is 0 Å². The lowest BCUT2D eigenvalue weighted by Gasteiger charge is -2.27. The number of hydrogen-bond acceptors (Lipinski definition) is 5. The lowest BCUT2D eigenvalue weighted by atomic mass is 10.1. The molecule has 0 spiro atoms. The number of nitrogens with zero attached hydrogens (tertiary/aromatic N) is 1. The SMILES string of the molecule is CC1CC(=O)Nc2ccccc2N1C(=O)COC(=O)c1cccs1. The topological polar surface area (TPSA) is 75.7 Å². The Kier molecular flexibility index (Phi) is 4.61. The molecule has 0 aliphatic carbocycles. The Morgan fingerprint density at radius 1 is 1.29 bits per heavy atom. The summed E-state index contributed by atoms with van der Waals surface area (Å²) in [5, 5.41) is 4.55. The van der Waals surface area contributed by atoms with Crippen molar-refractivity contribution >= 4 is 40.5 Å². The Labute approximate surface area is 143 Å². The smallest absolute Gasteiger partial charge is 0.348 e. The molecule has 1 aromatic carbocycles. The molecule has 2 aromatic rings. The molecule has 6 nitrogen and oxygen atoms in total. The number of carbonyl (C=O) groups is 3. The molecule has 1 aliphatic rings. The Morgan fingerprint density at radius 2 is 2.08 bits per heavy atom. The number of para-hydroxylation sites is 2. The maximum absolute atomic E-state index is 12.6. The maximum atomic E-state index is 12.6. The predicted molar refractivity (Wildman–Crippen MR) is 91.2 cm³/mol. The van der Waals surface area contributed by atoms with Crippen molar-refractivity contribution in [2.75, 3.05) is 16.8 Å². The molecule has 3 rings (SSSR count). The first kappa shape index (κ1) is 16.2. The highest BCUT2D eigenvalue weighted by Gasteiger charge is 2.30. The molecular weight excluding hydrogens is 328 g/mol. The molecule has 2 heterocycles. The number of hydrogen-bond donors (Lipinski definition) is 1. The van der Waals surface area contributed by atoms with Gasteiger partial charge in [-0.3, -0.25) is 9.59 Å². The average molecular weight is 344 g/mol. The molecule has 0 saturated heterocycles. The van der Waals surface area contributed by atoms with E-state index in [1.54, 1.807) is 48.7 Å². The van der Waals surface area contributed by atoms with Crippen LogP contribution in [0.5, 0.6) is 0 Å². The Balaban J connectivity index is 1.78. The summed E-state index contributed by atoms with van der Waals surface area (Å²) >= 11 is 1.26. The summed E-state index contributed by atoms with van der Waals surface area (Å²) in [5.41, 5.74) is 1.18. The van der Waals surface area contributed by atoms with E-state index in [9.17, 15) is 14.4 Å². The first-order chi connectivity index (χ1) is 11.6. The monoisotopic (exact) mass is 344 g/mol. The molecule has 1 aromatic heterocycles. The van der Waals surface area contributed by atoms with Crippen molar-refractivity contribution in [2.24, 2.45) is 0 Å². The number of thiophene rings is 1. The van der Waals surface area contributed by atoms with Crippen molar-refractivity contribution in [3.8, 4) is 0 Å². The molecule has 0 bridgehead atoms. The summed E-state index contributed by atoms with van der Waals surface area (Å²) in [7, 11) is 0. The molecule has 1 N–H and O–H groups in total. The van der Waals surface area contributed by atoms with E-state index in [4.69, 9.17) is 4.74 Å². The first-order valence-corrected chi connectivity index (χ1v) is 8.36. The number of ether oxygens (including phenoxy) is 1. The van der Waals surface area contributed by atoms with Gasteiger partial charge in [0.05, 0.1) is 11.4 Å². The fraction of sp³-hybridized carbons (Fsp3) is 0.235. The van der Waals surface area contributed by atoms with Crippen molar-refractivity contribution in [1.29, 1.82) is 0 Å². The van der Waals surface area contributed by atoms with Crippen LogP contribution in [-0.4, -0.2) is 30.4 Å². The van der Waals surface area contributed by atoms with Gasteiger partial charge < -0.3 is 15.0 Å². The molecule has 0 saturated carbocycles. The number of carbonyl (C=O) groups excluding carboxylic acids is 3. The Bertz CT molecular complexity index is 773. The third kappa shape index (κ3) is 3.30. The standard InChI is InChI=1S/C17H16N2O4S/c1-11-9-15(20)18-12-5-2-3-6-13(12)19(11)16(21)10-23-17(22)14-7-4-8-24-14/h2-8,11H,9-10H2,1H3,(H,18,20). The van der Waals surface area contributed by atoms with Gasteiger partial charge in [-0.25, -0.2) is 4.79 Å². The highest BCUT2D eigenvalue weighted by Crippen LogP contribution is 2.31. The van der Waals surface area contributed by atoms with Crippen LogP contribution in [-0.2, 0) is 14.3 Å². The zero-order valence-corrected chi connectivity index (χ0v) is 13.8. The summed E-state index contributed by atoms with van der Waals surface area (Å²) in [6, 6.07) is 10.1. The van der Waals surface area contributed by atoms with Gasteiger partial charge in [-0.15, -0.1) is 11.3 Å². The van der Waals surface area contributed by atoms with Crippen LogP contribution in [0.3, 0.4) is 0 Å². The number of fused-ring (bicyclic) bond motifs is 1. The lowest BCUT2D eigenvalue weighted by Crippen LogP contribution is -2.41. The molecule has 0 fully saturated rings.